The number of aliphatic hydroxyl groups is 1. The number of nitrogens with one attached hydrogen (secondary N) is 1. The van der Waals surface area contributed by atoms with E-state index in [0.717, 1.165) is 24.1 Å². The zero-order valence-electron chi connectivity index (χ0n) is 55.8. The Kier molecular flexibility index (Phi) is 23.8. The van der Waals surface area contributed by atoms with Crippen molar-refractivity contribution in [3.63, 3.8) is 0 Å². The number of benzene rings is 3. The van der Waals surface area contributed by atoms with Crippen LogP contribution in [0.5, 0.6) is 17.2 Å². The van der Waals surface area contributed by atoms with Crippen LogP contribution in [-0.4, -0.2) is 154 Å². The smallest absolute Gasteiger partial charge is 0.431 e. The van der Waals surface area contributed by atoms with Crippen molar-refractivity contribution < 1.29 is 79.0 Å². The number of hydrogen-bond acceptors (Lipinski definition) is 10. The summed E-state index contributed by atoms with van der Waals surface area (Å²) < 4.78 is 156. The highest BCUT2D eigenvalue weighted by molar-refractivity contribution is 5.96. The predicted octanol–water partition coefficient (Wildman–Crippen LogP) is 14.5. The van der Waals surface area contributed by atoms with Crippen LogP contribution in [0.4, 0.5) is 43.9 Å². The summed E-state index contributed by atoms with van der Waals surface area (Å²) in [7, 11) is 7.00. The Labute approximate surface area is 576 Å². The summed E-state index contributed by atoms with van der Waals surface area (Å²) in [5, 5.41) is 13.5. The van der Waals surface area contributed by atoms with Gasteiger partial charge in [-0.3, -0.25) is 24.2 Å². The van der Waals surface area contributed by atoms with Crippen LogP contribution in [0.3, 0.4) is 0 Å². The summed E-state index contributed by atoms with van der Waals surface area (Å²) >= 11 is 0. The fraction of sp³-hybridized carbons (Fsp3) is 0.548. The molecule has 26 heteroatoms. The number of likely N-dealkylation sites (N-methyl/N-ethyl adjacent to an activating group) is 2. The van der Waals surface area contributed by atoms with Crippen molar-refractivity contribution >= 4 is 17.7 Å². The number of rotatable bonds is 9. The molecule has 548 valence electrons. The third-order valence-electron chi connectivity index (χ3n) is 20.5. The number of carbonyl (C=O) groups is 3. The molecule has 0 aliphatic carbocycles. The zero-order chi connectivity index (χ0) is 69.8. The maximum absolute atomic E-state index is 14.4. The Hall–Kier alpha value is -7.55. The molecule has 3 saturated heterocycles. The number of amides is 3. The number of piperidine rings is 3. The maximum atomic E-state index is 14.4. The van der Waals surface area contributed by atoms with Gasteiger partial charge in [0.05, 0.1) is 42.5 Å². The molecule has 12 rings (SSSR count). The lowest BCUT2D eigenvalue weighted by molar-refractivity contribution is -0.145. The SMILES string of the molecule is C.C.C.CCc1ccc(C(=O)N2CCC3(CC2)c2ccc(C(F)(F)F)n2CCN3C)cc1OC.CN1CCn2c(C(F)(F)F)ccc2C12CCN(C(=O)c1ccc(C(C)(C)O)c(F)c1)CC2.COc1cc(C(=O)N2CCC3(NCCn4c(C(F)(F)F)ccc43)C(C)C2)ccc1OC(C)C.[HH]. The van der Waals surface area contributed by atoms with Gasteiger partial charge in [-0.05, 0) is 171 Å². The highest BCUT2D eigenvalue weighted by atomic mass is 19.4. The van der Waals surface area contributed by atoms with Crippen LogP contribution in [0.2, 0.25) is 0 Å². The Morgan fingerprint density at radius 3 is 1.39 bits per heavy atom. The molecular weight excluding hydrogens is 1300 g/mol. The molecule has 6 aliphatic heterocycles. The summed E-state index contributed by atoms with van der Waals surface area (Å²) in [6.45, 7) is 15.7. The summed E-state index contributed by atoms with van der Waals surface area (Å²) in [6, 6.07) is 22.9. The van der Waals surface area contributed by atoms with Gasteiger partial charge in [0, 0.05) is 119 Å². The van der Waals surface area contributed by atoms with Gasteiger partial charge in [-0.2, -0.15) is 39.5 Å². The zero-order valence-corrected chi connectivity index (χ0v) is 55.8. The molecule has 16 nitrogen and oxygen atoms in total. The van der Waals surface area contributed by atoms with Gasteiger partial charge in [-0.1, -0.05) is 48.3 Å². The average molecular weight is 1400 g/mol. The highest BCUT2D eigenvalue weighted by Crippen LogP contribution is 2.48. The number of ether oxygens (including phenoxy) is 3. The molecule has 3 aromatic heterocycles. The number of hydrogen-bond donors (Lipinski definition) is 2. The molecule has 3 spiro atoms. The minimum absolute atomic E-state index is 0. The number of methoxy groups -OCH3 is 2. The molecule has 99 heavy (non-hydrogen) atoms. The number of aryl methyl sites for hydroxylation is 1. The average Bonchev–Trinajstić information content (AvgIpc) is 1.54. The van der Waals surface area contributed by atoms with Crippen LogP contribution in [0.25, 0.3) is 0 Å². The van der Waals surface area contributed by atoms with E-state index in [1.54, 1.807) is 64.3 Å². The molecule has 0 radical (unpaired) electrons. The standard InChI is InChI=1S/C24H30F3N3O3.C23H27F4N3O2.C23H28F3N3O2.3CH4.H2/c1-15(2)33-18-6-5-17(13-19(18)32-4)22(31)29-11-9-23(16(3)14-29)20-7-8-21(24(25,26)27)30(20)12-10-28-23;1-21(2,32)16-5-4-15(14-17(16)24)20(31)29-10-8-22(9-11-29)18-6-7-19(23(25,26)27)30(18)13-12-28(22)3;1-4-16-5-6-17(15-18(16)31-3)21(30)28-11-9-22(10-12-28)19-7-8-20(23(24,25)26)29(19)14-13-27(22)2;;;;/h5-8,13,15-16,28H,9-12,14H2,1-4H3;4-7,14,32H,8-13H2,1-3H3;5-8,15H,4,9-14H2,1-3H3;3*1H4;1H. The fourth-order valence-electron chi connectivity index (χ4n) is 15.3. The topological polar surface area (TPSA) is 142 Å². The van der Waals surface area contributed by atoms with E-state index in [4.69, 9.17) is 14.2 Å². The summed E-state index contributed by atoms with van der Waals surface area (Å²) in [5.74, 6) is 0.508. The normalized spacial score (nSPS) is 19.8. The number of halogens is 10. The Morgan fingerprint density at radius 1 is 0.556 bits per heavy atom. The maximum Gasteiger partial charge on any atom is 0.431 e. The van der Waals surface area contributed by atoms with Crippen LogP contribution < -0.4 is 19.5 Å². The first-order valence-corrected chi connectivity index (χ1v) is 32.5. The van der Waals surface area contributed by atoms with Gasteiger partial charge in [-0.15, -0.1) is 0 Å². The van der Waals surface area contributed by atoms with E-state index in [1.165, 1.54) is 58.9 Å². The summed E-state index contributed by atoms with van der Waals surface area (Å²) in [4.78, 5) is 48.8. The van der Waals surface area contributed by atoms with Crippen molar-refractivity contribution in [3.8, 4) is 17.2 Å². The lowest BCUT2D eigenvalue weighted by atomic mass is 9.75. The number of likely N-dealkylation sites (tertiary alicyclic amines) is 3. The highest BCUT2D eigenvalue weighted by Gasteiger charge is 2.51. The second-order valence-electron chi connectivity index (χ2n) is 26.7. The van der Waals surface area contributed by atoms with Gasteiger partial charge < -0.3 is 53.0 Å². The van der Waals surface area contributed by atoms with E-state index >= 15 is 0 Å². The van der Waals surface area contributed by atoms with Gasteiger partial charge in [0.15, 0.2) is 11.5 Å². The molecule has 6 aliphatic rings. The van der Waals surface area contributed by atoms with Gasteiger partial charge >= 0.3 is 18.5 Å². The van der Waals surface area contributed by atoms with Crippen molar-refractivity contribution in [2.24, 2.45) is 5.92 Å². The Bertz CT molecular complexity index is 3820. The number of alkyl halides is 9. The van der Waals surface area contributed by atoms with Crippen LogP contribution >= 0.6 is 0 Å². The van der Waals surface area contributed by atoms with Crippen LogP contribution in [0, 0.1) is 11.7 Å². The van der Waals surface area contributed by atoms with Crippen LogP contribution in [-0.2, 0) is 66.8 Å². The van der Waals surface area contributed by atoms with Crippen molar-refractivity contribution in [1.29, 1.82) is 0 Å². The molecule has 2 unspecified atom stereocenters. The van der Waals surface area contributed by atoms with E-state index in [2.05, 4.69) is 15.1 Å². The molecule has 3 amide bonds. The number of fused-ring (bicyclic) bond motifs is 6. The molecule has 6 aromatic rings. The van der Waals surface area contributed by atoms with E-state index in [1.807, 2.05) is 53.9 Å². The van der Waals surface area contributed by atoms with E-state index in [0.29, 0.717) is 143 Å². The molecule has 9 heterocycles. The van der Waals surface area contributed by atoms with E-state index < -0.39 is 63.6 Å². The Balaban J connectivity index is 0.000000232. The Morgan fingerprint density at radius 2 is 0.970 bits per heavy atom. The second kappa shape index (κ2) is 29.9. The van der Waals surface area contributed by atoms with Gasteiger partial charge in [0.1, 0.15) is 28.6 Å². The first-order valence-electron chi connectivity index (χ1n) is 32.5. The lowest BCUT2D eigenvalue weighted by Gasteiger charge is -2.50. The molecule has 3 aromatic carbocycles. The van der Waals surface area contributed by atoms with Crippen molar-refractivity contribution in [2.75, 3.05) is 87.2 Å². The number of aromatic nitrogens is 3. The van der Waals surface area contributed by atoms with Crippen LogP contribution in [0.15, 0.2) is 91.0 Å². The molecule has 0 saturated carbocycles. The summed E-state index contributed by atoms with van der Waals surface area (Å²) in [5.41, 5.74) is -0.462. The molecule has 0 bridgehead atoms. The van der Waals surface area contributed by atoms with E-state index in [9.17, 15) is 63.4 Å². The number of carbonyl (C=O) groups excluding carboxylic acids is 3. The minimum Gasteiger partial charge on any atom is -0.496 e. The van der Waals surface area contributed by atoms with E-state index in [-0.39, 0.29) is 77.7 Å². The molecule has 2 N–H and O–H groups in total. The predicted molar refractivity (Wildman–Crippen MR) is 362 cm³/mol. The largest absolute Gasteiger partial charge is 0.496 e. The van der Waals surface area contributed by atoms with Crippen molar-refractivity contribution in [3.05, 3.63) is 159 Å². The first-order chi connectivity index (χ1) is 45.1. The summed E-state index contributed by atoms with van der Waals surface area (Å²) in [6.07, 6.45) is -9.67. The van der Waals surface area contributed by atoms with Gasteiger partial charge in [-0.25, -0.2) is 4.39 Å². The lowest BCUT2D eigenvalue weighted by Crippen LogP contribution is -2.60. The molecule has 3 fully saturated rings. The van der Waals surface area contributed by atoms with Crippen molar-refractivity contribution in [2.45, 2.75) is 169 Å². The van der Waals surface area contributed by atoms with Gasteiger partial charge in [0.2, 0.25) is 0 Å². The van der Waals surface area contributed by atoms with Gasteiger partial charge in [0.25, 0.3) is 17.7 Å². The third kappa shape index (κ3) is 15.2. The molecule has 2 atom stereocenters. The van der Waals surface area contributed by atoms with Crippen LogP contribution in [0.1, 0.15) is 174 Å². The first kappa shape index (κ1) is 78.8. The monoisotopic (exact) mass is 1400 g/mol. The van der Waals surface area contributed by atoms with Crippen molar-refractivity contribution in [1.82, 2.24) is 43.5 Å². The fourth-order valence-corrected chi connectivity index (χ4v) is 15.3. The minimum atomic E-state index is -4.41. The third-order valence-corrected chi connectivity index (χ3v) is 20.5. The molecular formula is C73H99F10N9O7. The second-order valence-corrected chi connectivity index (χ2v) is 26.7. The quantitative estimate of drug-likeness (QED) is 0.134. The number of nitrogens with zero attached hydrogens (tertiary/aromatic N) is 8.